The van der Waals surface area contributed by atoms with Gasteiger partial charge in [0.2, 0.25) is 0 Å². The highest BCUT2D eigenvalue weighted by molar-refractivity contribution is 5.94. The molecule has 7 rings (SSSR count). The summed E-state index contributed by atoms with van der Waals surface area (Å²) in [5.41, 5.74) is 16.8. The van der Waals surface area contributed by atoms with Crippen molar-refractivity contribution < 1.29 is 18.4 Å². The number of nitrogens with one attached hydrogen (secondary N) is 2. The summed E-state index contributed by atoms with van der Waals surface area (Å²) in [6.45, 7) is 6.05. The molecule has 0 spiro atoms. The topological polar surface area (TPSA) is 75.8 Å². The molecule has 0 saturated heterocycles. The van der Waals surface area contributed by atoms with Gasteiger partial charge < -0.3 is 28.4 Å². The number of H-pyrrole nitrogens is 2. The Morgan fingerprint density at radius 3 is 1.26 bits per heavy atom. The summed E-state index contributed by atoms with van der Waals surface area (Å²) in [5.74, 6) is 1.78. The van der Waals surface area contributed by atoms with E-state index in [0.717, 1.165) is 130 Å². The Hall–Kier alpha value is -5.44. The number of ether oxygens (including phenoxy) is 2. The van der Waals surface area contributed by atoms with Gasteiger partial charge in [0.05, 0.1) is 79.3 Å². The lowest BCUT2D eigenvalue weighted by Crippen LogP contribution is -2.33. The normalized spacial score (nSPS) is 12.8. The van der Waals surface area contributed by atoms with Crippen LogP contribution in [0.25, 0.3) is 68.6 Å². The predicted octanol–water partition coefficient (Wildman–Crippen LogP) is 9.54. The minimum atomic E-state index is 0.784. The molecule has 0 fully saturated rings. The summed E-state index contributed by atoms with van der Waals surface area (Å²) < 4.78 is 13.2. The summed E-state index contributed by atoms with van der Waals surface area (Å²) in [5, 5.41) is 0. The van der Waals surface area contributed by atoms with Crippen LogP contribution in [0.5, 0.6) is 11.5 Å². The number of hydrogen-bond donors (Lipinski definition) is 2. The van der Waals surface area contributed by atoms with Crippen molar-refractivity contribution in [2.75, 3.05) is 56.5 Å². The van der Waals surface area contributed by atoms with E-state index >= 15 is 0 Å². The first kappa shape index (κ1) is 36.9. The fourth-order valence-electron chi connectivity index (χ4n) is 7.81. The van der Waals surface area contributed by atoms with E-state index in [4.69, 9.17) is 19.4 Å². The number of rotatable bonds is 10. The molecule has 0 aliphatic carbocycles. The number of quaternary nitrogens is 2. The minimum absolute atomic E-state index is 0.784. The van der Waals surface area contributed by atoms with E-state index < -0.39 is 0 Å². The van der Waals surface area contributed by atoms with Gasteiger partial charge in [-0.1, -0.05) is 26.0 Å². The fourth-order valence-corrected chi connectivity index (χ4v) is 7.81. The maximum Gasteiger partial charge on any atom is 0.127 e. The molecular weight excluding hydrogens is 669 g/mol. The van der Waals surface area contributed by atoms with Crippen molar-refractivity contribution in [1.82, 2.24) is 19.9 Å². The summed E-state index contributed by atoms with van der Waals surface area (Å²) in [7, 11) is 16.7. The van der Waals surface area contributed by atoms with Gasteiger partial charge in [-0.2, -0.15) is 0 Å². The molecule has 0 unspecified atom stereocenters. The molecule has 8 nitrogen and oxygen atoms in total. The molecule has 3 aromatic heterocycles. The van der Waals surface area contributed by atoms with E-state index in [1.54, 1.807) is 14.2 Å². The predicted molar refractivity (Wildman–Crippen MR) is 225 cm³/mol. The van der Waals surface area contributed by atoms with Gasteiger partial charge in [0.1, 0.15) is 24.6 Å². The lowest BCUT2D eigenvalue weighted by atomic mass is 10.00. The second-order valence-corrected chi connectivity index (χ2v) is 16.4. The SMILES string of the molecule is CCc1c2nc(c(-c3ccc(OC)c(C[N+](C)(C)C)c3)c3ccc([nH]3)c(CC)c3ccc([nH]3)c(-c3ccc(OC)c(C[N+](C)(C)C)c3)c3nc1C=C3)C=C2. The van der Waals surface area contributed by atoms with Crippen molar-refractivity contribution in [3.8, 4) is 33.8 Å². The Kier molecular flexibility index (Phi) is 9.85. The van der Waals surface area contributed by atoms with Gasteiger partial charge in [-0.25, -0.2) is 9.97 Å². The van der Waals surface area contributed by atoms with Crippen LogP contribution in [0.4, 0.5) is 0 Å². The quantitative estimate of drug-likeness (QED) is 0.138. The second-order valence-electron chi connectivity index (χ2n) is 16.4. The van der Waals surface area contributed by atoms with Crippen molar-refractivity contribution in [3.63, 3.8) is 0 Å². The average Bonchev–Trinajstić information content (AvgIpc) is 3.95. The van der Waals surface area contributed by atoms with Gasteiger partial charge in [-0.05, 0) is 102 Å². The molecule has 2 aromatic carbocycles. The van der Waals surface area contributed by atoms with Crippen LogP contribution in [0.15, 0.2) is 60.7 Å². The van der Waals surface area contributed by atoms with Crippen LogP contribution in [-0.4, -0.2) is 85.4 Å². The largest absolute Gasteiger partial charge is 0.496 e. The number of methoxy groups -OCH3 is 2. The molecular formula is C46H54N6O2+2. The Bertz CT molecular complexity index is 2300. The molecule has 5 aromatic rings. The summed E-state index contributed by atoms with van der Waals surface area (Å²) in [6.07, 6.45) is 10.2. The van der Waals surface area contributed by atoms with Gasteiger partial charge >= 0.3 is 0 Å². The number of aromatic nitrogens is 4. The molecule has 0 radical (unpaired) electrons. The van der Waals surface area contributed by atoms with E-state index in [-0.39, 0.29) is 0 Å². The third-order valence-corrected chi connectivity index (χ3v) is 10.1. The first-order valence-corrected chi connectivity index (χ1v) is 18.9. The second kappa shape index (κ2) is 14.4. The van der Waals surface area contributed by atoms with Crippen LogP contribution in [0.3, 0.4) is 0 Å². The molecule has 2 aliphatic heterocycles. The third kappa shape index (κ3) is 7.36. The number of benzene rings is 2. The van der Waals surface area contributed by atoms with Gasteiger partial charge in [0.25, 0.3) is 0 Å². The summed E-state index contributed by atoms with van der Waals surface area (Å²) >= 11 is 0. The molecule has 2 aliphatic rings. The standard InChI is InChI=1S/C46H54N6O2/c1-11-33-35-15-19-39(47-35)45(29-13-23-43(53-9)31(25-29)27-51(3,4)5)41-21-17-37(49-41)34(12-2)38-18-22-42(50-38)46(40-20-16-36(33)48-40)30-14-24-44(54-10)32(26-30)28-52(6,7)8/h13-26,47-48H,11-12,27-28H2,1-10H3/q+2. The number of fused-ring (bicyclic) bond motifs is 8. The monoisotopic (exact) mass is 722 g/mol. The smallest absolute Gasteiger partial charge is 0.127 e. The highest BCUT2D eigenvalue weighted by Gasteiger charge is 2.21. The Labute approximate surface area is 319 Å². The summed E-state index contributed by atoms with van der Waals surface area (Å²) in [4.78, 5) is 18.4. The zero-order valence-electron chi connectivity index (χ0n) is 33.5. The van der Waals surface area contributed by atoms with Crippen LogP contribution < -0.4 is 9.47 Å². The zero-order chi connectivity index (χ0) is 38.4. The van der Waals surface area contributed by atoms with Gasteiger partial charge in [0.15, 0.2) is 0 Å². The van der Waals surface area contributed by atoms with Crippen molar-refractivity contribution in [1.29, 1.82) is 0 Å². The number of hydrogen-bond acceptors (Lipinski definition) is 4. The molecule has 2 N–H and O–H groups in total. The van der Waals surface area contributed by atoms with E-state index in [0.29, 0.717) is 0 Å². The van der Waals surface area contributed by atoms with E-state index in [9.17, 15) is 0 Å². The van der Waals surface area contributed by atoms with Crippen LogP contribution in [-0.2, 0) is 25.9 Å². The molecule has 8 bridgehead atoms. The van der Waals surface area contributed by atoms with E-state index in [1.807, 2.05) is 0 Å². The van der Waals surface area contributed by atoms with Gasteiger partial charge in [0, 0.05) is 49.9 Å². The average molecular weight is 723 g/mol. The van der Waals surface area contributed by atoms with Crippen LogP contribution >= 0.6 is 0 Å². The number of aryl methyl sites for hydroxylation is 1. The summed E-state index contributed by atoms with van der Waals surface area (Å²) in [6, 6.07) is 21.8. The van der Waals surface area contributed by atoms with Gasteiger partial charge in [-0.15, -0.1) is 0 Å². The highest BCUT2D eigenvalue weighted by atomic mass is 16.5. The number of aromatic amines is 2. The fraction of sp³-hybridized carbons (Fsp3) is 0.304. The van der Waals surface area contributed by atoms with Gasteiger partial charge in [-0.3, -0.25) is 0 Å². The lowest BCUT2D eigenvalue weighted by Gasteiger charge is -2.25. The van der Waals surface area contributed by atoms with Crippen molar-refractivity contribution in [3.05, 3.63) is 106 Å². The molecule has 0 atom stereocenters. The molecule has 5 heterocycles. The Balaban J connectivity index is 1.56. The molecule has 0 saturated carbocycles. The van der Waals surface area contributed by atoms with Crippen LogP contribution in [0.1, 0.15) is 58.9 Å². The zero-order valence-corrected chi connectivity index (χ0v) is 33.5. The maximum absolute atomic E-state index is 5.84. The molecule has 54 heavy (non-hydrogen) atoms. The minimum Gasteiger partial charge on any atom is -0.496 e. The molecule has 0 amide bonds. The van der Waals surface area contributed by atoms with Crippen molar-refractivity contribution >= 4 is 46.4 Å². The van der Waals surface area contributed by atoms with Crippen molar-refractivity contribution in [2.45, 2.75) is 39.8 Å². The Morgan fingerprint density at radius 1 is 0.500 bits per heavy atom. The van der Waals surface area contributed by atoms with Crippen molar-refractivity contribution in [2.24, 2.45) is 0 Å². The molecule has 278 valence electrons. The van der Waals surface area contributed by atoms with Crippen LogP contribution in [0.2, 0.25) is 0 Å². The van der Waals surface area contributed by atoms with E-state index in [1.165, 1.54) is 5.56 Å². The number of nitrogens with zero attached hydrogens (tertiary/aromatic N) is 4. The molecule has 8 heteroatoms. The maximum atomic E-state index is 5.84. The van der Waals surface area contributed by atoms with Crippen LogP contribution in [0, 0.1) is 0 Å². The first-order valence-electron chi connectivity index (χ1n) is 18.9. The Morgan fingerprint density at radius 2 is 0.889 bits per heavy atom. The first-order chi connectivity index (χ1) is 25.8. The van der Waals surface area contributed by atoms with E-state index in [2.05, 4.69) is 151 Å². The third-order valence-electron chi connectivity index (χ3n) is 10.1. The lowest BCUT2D eigenvalue weighted by molar-refractivity contribution is -0.884. The highest BCUT2D eigenvalue weighted by Crippen LogP contribution is 2.37.